The van der Waals surface area contributed by atoms with Crippen molar-refractivity contribution in [3.05, 3.63) is 188 Å². The van der Waals surface area contributed by atoms with Crippen LogP contribution in [-0.2, 0) is 0 Å². The third kappa shape index (κ3) is 5.56. The number of benzene rings is 8. The average Bonchev–Trinajstić information content (AvgIpc) is 3.85. The highest BCUT2D eigenvalue weighted by atomic mass is 32.1. The van der Waals surface area contributed by atoms with Crippen molar-refractivity contribution < 1.29 is 4.42 Å². The van der Waals surface area contributed by atoms with Gasteiger partial charge in [0.05, 0.1) is 0 Å². The lowest BCUT2D eigenvalue weighted by atomic mass is 9.98. The zero-order chi connectivity index (χ0) is 37.0. The van der Waals surface area contributed by atoms with Crippen LogP contribution in [0.2, 0.25) is 0 Å². The van der Waals surface area contributed by atoms with Gasteiger partial charge in [0, 0.05) is 53.2 Å². The van der Waals surface area contributed by atoms with Gasteiger partial charge in [0.25, 0.3) is 0 Å². The summed E-state index contributed by atoms with van der Waals surface area (Å²) in [6.45, 7) is 0. The summed E-state index contributed by atoms with van der Waals surface area (Å²) < 4.78 is 8.69. The number of fused-ring (bicyclic) bond motifs is 6. The highest BCUT2D eigenvalue weighted by molar-refractivity contribution is 7.26. The second-order valence-corrected chi connectivity index (χ2v) is 15.0. The molecule has 0 aliphatic heterocycles. The summed E-state index contributed by atoms with van der Waals surface area (Å²) in [7, 11) is 0. The Labute approximate surface area is 327 Å². The van der Waals surface area contributed by atoms with Crippen molar-refractivity contribution in [2.75, 3.05) is 0 Å². The number of hydrogen-bond donors (Lipinski definition) is 0. The molecule has 0 aliphatic rings. The van der Waals surface area contributed by atoms with Crippen LogP contribution in [-0.4, -0.2) is 15.0 Å². The highest BCUT2D eigenvalue weighted by Gasteiger charge is 2.18. The van der Waals surface area contributed by atoms with Gasteiger partial charge >= 0.3 is 0 Å². The maximum atomic E-state index is 6.27. The zero-order valence-electron chi connectivity index (χ0n) is 30.1. The Morgan fingerprint density at radius 3 is 1.48 bits per heavy atom. The summed E-state index contributed by atoms with van der Waals surface area (Å²) in [4.78, 5) is 15.3. The molecule has 0 bridgehead atoms. The van der Waals surface area contributed by atoms with Crippen molar-refractivity contribution >= 4 is 53.4 Å². The molecule has 11 aromatic rings. The average molecular weight is 734 g/mol. The lowest BCUT2D eigenvalue weighted by Crippen LogP contribution is -2.00. The van der Waals surface area contributed by atoms with Crippen LogP contribution >= 0.6 is 11.3 Å². The van der Waals surface area contributed by atoms with Crippen molar-refractivity contribution in [1.82, 2.24) is 15.0 Å². The van der Waals surface area contributed by atoms with Gasteiger partial charge in [0.1, 0.15) is 11.2 Å². The molecular formula is C51H31N3OS. The van der Waals surface area contributed by atoms with Crippen LogP contribution in [0.3, 0.4) is 0 Å². The Balaban J connectivity index is 1.04. The summed E-state index contributed by atoms with van der Waals surface area (Å²) in [6, 6.07) is 65.6. The molecule has 56 heavy (non-hydrogen) atoms. The predicted molar refractivity (Wildman–Crippen MR) is 233 cm³/mol. The van der Waals surface area contributed by atoms with Crippen LogP contribution < -0.4 is 0 Å². The monoisotopic (exact) mass is 733 g/mol. The van der Waals surface area contributed by atoms with Gasteiger partial charge in [-0.2, -0.15) is 0 Å². The molecule has 0 fully saturated rings. The second kappa shape index (κ2) is 13.3. The van der Waals surface area contributed by atoms with E-state index < -0.39 is 0 Å². The van der Waals surface area contributed by atoms with Crippen LogP contribution in [0.1, 0.15) is 0 Å². The van der Waals surface area contributed by atoms with Crippen LogP contribution in [0.15, 0.2) is 192 Å². The first kappa shape index (κ1) is 32.2. The number of para-hydroxylation sites is 1. The van der Waals surface area contributed by atoms with Crippen molar-refractivity contribution in [3.63, 3.8) is 0 Å². The number of nitrogens with zero attached hydrogens (tertiary/aromatic N) is 3. The maximum absolute atomic E-state index is 6.27. The third-order valence-corrected chi connectivity index (χ3v) is 11.8. The minimum Gasteiger partial charge on any atom is -0.456 e. The van der Waals surface area contributed by atoms with E-state index in [0.29, 0.717) is 17.5 Å². The number of thiophene rings is 1. The van der Waals surface area contributed by atoms with E-state index in [0.717, 1.165) is 49.8 Å². The quantitative estimate of drug-likeness (QED) is 0.171. The summed E-state index contributed by atoms with van der Waals surface area (Å²) in [5.74, 6) is 1.91. The molecule has 3 heterocycles. The van der Waals surface area contributed by atoms with E-state index in [1.54, 1.807) is 11.3 Å². The molecule has 0 N–H and O–H groups in total. The number of aromatic nitrogens is 3. The van der Waals surface area contributed by atoms with Crippen LogP contribution in [0.25, 0.3) is 110 Å². The van der Waals surface area contributed by atoms with E-state index >= 15 is 0 Å². The maximum Gasteiger partial charge on any atom is 0.164 e. The largest absolute Gasteiger partial charge is 0.456 e. The molecule has 5 heteroatoms. The lowest BCUT2D eigenvalue weighted by Gasteiger charge is -2.10. The topological polar surface area (TPSA) is 51.8 Å². The molecule has 0 saturated heterocycles. The van der Waals surface area contributed by atoms with E-state index in [1.165, 1.54) is 42.4 Å². The normalized spacial score (nSPS) is 11.6. The summed E-state index contributed by atoms with van der Waals surface area (Å²) in [5, 5.41) is 4.71. The fourth-order valence-electron chi connectivity index (χ4n) is 7.80. The molecule has 3 aromatic heterocycles. The molecule has 8 aromatic carbocycles. The molecule has 0 aliphatic carbocycles. The fourth-order valence-corrected chi connectivity index (χ4v) is 9.07. The molecule has 0 saturated carbocycles. The number of rotatable bonds is 6. The lowest BCUT2D eigenvalue weighted by molar-refractivity contribution is 0.669. The molecule has 0 unspecified atom stereocenters. The smallest absolute Gasteiger partial charge is 0.164 e. The van der Waals surface area contributed by atoms with Crippen molar-refractivity contribution in [2.24, 2.45) is 0 Å². The molecule has 0 radical (unpaired) electrons. The van der Waals surface area contributed by atoms with Gasteiger partial charge in [-0.15, -0.1) is 11.3 Å². The van der Waals surface area contributed by atoms with Gasteiger partial charge in [0.2, 0.25) is 0 Å². The SMILES string of the molecule is c1ccc(-c2ccc(-c3nc(-c4ccc(-c5ccccc5)cc4)nc(-c4ccc5c(c4)sc4c(-c6cccc7oc8ccccc8c67)cccc45)n3)cc2)cc1. The minimum atomic E-state index is 0.635. The van der Waals surface area contributed by atoms with E-state index in [1.807, 2.05) is 24.3 Å². The molecule has 262 valence electrons. The summed E-state index contributed by atoms with van der Waals surface area (Å²) in [6.07, 6.45) is 0. The Morgan fingerprint density at radius 2 is 0.821 bits per heavy atom. The Bertz CT molecular complexity index is 3120. The van der Waals surface area contributed by atoms with Gasteiger partial charge in [-0.3, -0.25) is 0 Å². The molecule has 11 rings (SSSR count). The van der Waals surface area contributed by atoms with E-state index in [4.69, 9.17) is 19.4 Å². The van der Waals surface area contributed by atoms with Gasteiger partial charge in [-0.05, 0) is 46.0 Å². The van der Waals surface area contributed by atoms with E-state index in [2.05, 4.69) is 164 Å². The molecular weight excluding hydrogens is 703 g/mol. The Morgan fingerprint density at radius 1 is 0.339 bits per heavy atom. The van der Waals surface area contributed by atoms with Crippen molar-refractivity contribution in [3.8, 4) is 67.5 Å². The zero-order valence-corrected chi connectivity index (χ0v) is 30.9. The number of furan rings is 1. The van der Waals surface area contributed by atoms with Crippen molar-refractivity contribution in [1.29, 1.82) is 0 Å². The first-order chi connectivity index (χ1) is 27.7. The highest BCUT2D eigenvalue weighted by Crippen LogP contribution is 2.44. The van der Waals surface area contributed by atoms with Crippen LogP contribution in [0.5, 0.6) is 0 Å². The number of hydrogen-bond acceptors (Lipinski definition) is 5. The van der Waals surface area contributed by atoms with E-state index in [-0.39, 0.29) is 0 Å². The van der Waals surface area contributed by atoms with Gasteiger partial charge in [-0.25, -0.2) is 15.0 Å². The molecule has 4 nitrogen and oxygen atoms in total. The van der Waals surface area contributed by atoms with E-state index in [9.17, 15) is 0 Å². The Hall–Kier alpha value is -7.21. The van der Waals surface area contributed by atoms with Crippen molar-refractivity contribution in [2.45, 2.75) is 0 Å². The Kier molecular flexibility index (Phi) is 7.64. The first-order valence-corrected chi connectivity index (χ1v) is 19.5. The molecule has 0 amide bonds. The van der Waals surface area contributed by atoms with Gasteiger partial charge in [0.15, 0.2) is 17.5 Å². The van der Waals surface area contributed by atoms with Gasteiger partial charge in [-0.1, -0.05) is 170 Å². The molecule has 0 spiro atoms. The fraction of sp³-hybridized carbons (Fsp3) is 0. The first-order valence-electron chi connectivity index (χ1n) is 18.7. The standard InChI is InChI=1S/C51H31N3OS/c1-3-11-32(12-4-1)34-21-25-36(26-22-34)49-52-50(37-27-23-35(24-28-37)33-13-5-2-6-14-33)54-51(53-49)38-29-30-39-41-17-9-18-42(48(41)56-46(39)31-38)40-16-10-20-45-47(40)43-15-7-8-19-44(43)55-45/h1-31H. The summed E-state index contributed by atoms with van der Waals surface area (Å²) >= 11 is 1.81. The molecule has 0 atom stereocenters. The van der Waals surface area contributed by atoms with Crippen LogP contribution in [0, 0.1) is 0 Å². The second-order valence-electron chi connectivity index (χ2n) is 14.0. The van der Waals surface area contributed by atoms with Crippen LogP contribution in [0.4, 0.5) is 0 Å². The summed E-state index contributed by atoms with van der Waals surface area (Å²) in [5.41, 5.74) is 11.6. The third-order valence-electron chi connectivity index (χ3n) is 10.6. The minimum absolute atomic E-state index is 0.635. The van der Waals surface area contributed by atoms with Gasteiger partial charge < -0.3 is 4.42 Å². The predicted octanol–water partition coefficient (Wildman–Crippen LogP) is 14.1.